The summed E-state index contributed by atoms with van der Waals surface area (Å²) in [7, 11) is 0. The Morgan fingerprint density at radius 3 is 2.68 bits per heavy atom. The lowest BCUT2D eigenvalue weighted by Crippen LogP contribution is -2.43. The van der Waals surface area contributed by atoms with E-state index in [-0.39, 0.29) is 17.5 Å². The third-order valence-electron chi connectivity index (χ3n) is 5.25. The van der Waals surface area contributed by atoms with Gasteiger partial charge in [-0.2, -0.15) is 0 Å². The maximum absolute atomic E-state index is 11.3. The topological polar surface area (TPSA) is 26.3 Å². The van der Waals surface area contributed by atoms with Gasteiger partial charge in [-0.15, -0.1) is 0 Å². The molecular weight excluding hydrogens is 236 g/mol. The van der Waals surface area contributed by atoms with Crippen molar-refractivity contribution in [2.24, 2.45) is 17.3 Å². The molecule has 0 saturated heterocycles. The number of rotatable bonds is 2. The molecule has 0 aromatic carbocycles. The van der Waals surface area contributed by atoms with Gasteiger partial charge in [0, 0.05) is 6.92 Å². The van der Waals surface area contributed by atoms with E-state index in [2.05, 4.69) is 33.4 Å². The van der Waals surface area contributed by atoms with Crippen molar-refractivity contribution in [1.82, 2.24) is 0 Å². The maximum Gasteiger partial charge on any atom is 0.303 e. The smallest absolute Gasteiger partial charge is 0.303 e. The summed E-state index contributed by atoms with van der Waals surface area (Å²) in [4.78, 5) is 11.3. The van der Waals surface area contributed by atoms with Gasteiger partial charge in [0.2, 0.25) is 0 Å². The van der Waals surface area contributed by atoms with Crippen LogP contribution in [-0.2, 0) is 9.53 Å². The summed E-state index contributed by atoms with van der Waals surface area (Å²) in [6, 6.07) is 0. The van der Waals surface area contributed by atoms with Crippen LogP contribution in [-0.4, -0.2) is 12.1 Å². The molecule has 2 aliphatic rings. The van der Waals surface area contributed by atoms with Gasteiger partial charge in [0.25, 0.3) is 0 Å². The van der Waals surface area contributed by atoms with E-state index in [9.17, 15) is 4.79 Å². The van der Waals surface area contributed by atoms with E-state index in [1.54, 1.807) is 0 Å². The fourth-order valence-corrected chi connectivity index (χ4v) is 3.77. The minimum absolute atomic E-state index is 0.00442. The summed E-state index contributed by atoms with van der Waals surface area (Å²) in [6.07, 6.45) is 6.63. The SMILES string of the molecule is C=C(C)[C@@H]1CC=C2[C@H](OC(C)=O)CC[C@@H](C)[C@@]2(C)C1. The van der Waals surface area contributed by atoms with E-state index >= 15 is 0 Å². The second-order valence-corrected chi connectivity index (χ2v) is 6.64. The third-order valence-corrected chi connectivity index (χ3v) is 5.25. The first-order valence-corrected chi connectivity index (χ1v) is 7.37. The molecule has 2 aliphatic carbocycles. The zero-order valence-electron chi connectivity index (χ0n) is 12.7. The molecule has 106 valence electrons. The van der Waals surface area contributed by atoms with E-state index in [1.165, 1.54) is 18.1 Å². The standard InChI is InChI=1S/C17H26O2/c1-11(2)14-7-8-15-16(19-13(4)18)9-6-12(3)17(15,5)10-14/h8,12,14,16H,1,6-7,9-10H2,2-5H3/t12-,14-,16-,17-/m1/s1. The average Bonchev–Trinajstić information content (AvgIpc) is 2.32. The van der Waals surface area contributed by atoms with E-state index in [0.29, 0.717) is 11.8 Å². The van der Waals surface area contributed by atoms with E-state index in [0.717, 1.165) is 25.7 Å². The fourth-order valence-electron chi connectivity index (χ4n) is 3.77. The average molecular weight is 262 g/mol. The lowest BCUT2D eigenvalue weighted by molar-refractivity contribution is -0.147. The Hall–Kier alpha value is -1.05. The number of allylic oxidation sites excluding steroid dienone is 2. The minimum atomic E-state index is -0.162. The minimum Gasteiger partial charge on any atom is -0.458 e. The van der Waals surface area contributed by atoms with Gasteiger partial charge in [0.1, 0.15) is 6.10 Å². The van der Waals surface area contributed by atoms with Crippen molar-refractivity contribution in [3.05, 3.63) is 23.8 Å². The second-order valence-electron chi connectivity index (χ2n) is 6.64. The van der Waals surface area contributed by atoms with Crippen molar-refractivity contribution in [3.63, 3.8) is 0 Å². The first-order valence-electron chi connectivity index (χ1n) is 7.37. The van der Waals surface area contributed by atoms with Crippen molar-refractivity contribution < 1.29 is 9.53 Å². The van der Waals surface area contributed by atoms with Crippen LogP contribution in [0, 0.1) is 17.3 Å². The Balaban J connectivity index is 2.29. The molecular formula is C17H26O2. The molecule has 0 unspecified atom stereocenters. The molecule has 19 heavy (non-hydrogen) atoms. The highest BCUT2D eigenvalue weighted by Crippen LogP contribution is 2.53. The molecule has 0 spiro atoms. The third kappa shape index (κ3) is 2.63. The zero-order chi connectivity index (χ0) is 14.2. The molecule has 2 heteroatoms. The normalized spacial score (nSPS) is 38.1. The number of esters is 1. The number of carbonyl (C=O) groups is 1. The number of hydrogen-bond donors (Lipinski definition) is 0. The summed E-state index contributed by atoms with van der Waals surface area (Å²) >= 11 is 0. The van der Waals surface area contributed by atoms with Gasteiger partial charge in [0.05, 0.1) is 0 Å². The molecule has 0 aromatic heterocycles. The van der Waals surface area contributed by atoms with Gasteiger partial charge >= 0.3 is 5.97 Å². The maximum atomic E-state index is 11.3. The lowest BCUT2D eigenvalue weighted by atomic mass is 9.57. The Kier molecular flexibility index (Phi) is 3.89. The Bertz CT molecular complexity index is 421. The molecule has 0 aromatic rings. The predicted octanol–water partition coefficient (Wildman–Crippen LogP) is 4.27. The predicted molar refractivity (Wildman–Crippen MR) is 77.7 cm³/mol. The van der Waals surface area contributed by atoms with E-state index in [1.807, 2.05) is 0 Å². The van der Waals surface area contributed by atoms with Gasteiger partial charge < -0.3 is 4.74 Å². The van der Waals surface area contributed by atoms with Crippen molar-refractivity contribution in [3.8, 4) is 0 Å². The molecule has 1 fully saturated rings. The highest BCUT2D eigenvalue weighted by molar-refractivity contribution is 5.66. The Morgan fingerprint density at radius 1 is 1.42 bits per heavy atom. The van der Waals surface area contributed by atoms with Crippen LogP contribution in [0.15, 0.2) is 23.8 Å². The van der Waals surface area contributed by atoms with Crippen LogP contribution in [0.25, 0.3) is 0 Å². The summed E-state index contributed by atoms with van der Waals surface area (Å²) in [5, 5.41) is 0. The van der Waals surface area contributed by atoms with Crippen LogP contribution < -0.4 is 0 Å². The molecule has 0 aliphatic heterocycles. The number of carbonyl (C=O) groups excluding carboxylic acids is 1. The van der Waals surface area contributed by atoms with E-state index < -0.39 is 0 Å². The quantitative estimate of drug-likeness (QED) is 0.549. The molecule has 1 saturated carbocycles. The monoisotopic (exact) mass is 262 g/mol. The van der Waals surface area contributed by atoms with Gasteiger partial charge in [-0.1, -0.05) is 32.1 Å². The van der Waals surface area contributed by atoms with Gasteiger partial charge in [0.15, 0.2) is 0 Å². The molecule has 0 amide bonds. The molecule has 0 N–H and O–H groups in total. The molecule has 0 bridgehead atoms. The van der Waals surface area contributed by atoms with Crippen LogP contribution in [0.5, 0.6) is 0 Å². The highest BCUT2D eigenvalue weighted by atomic mass is 16.5. The summed E-state index contributed by atoms with van der Waals surface area (Å²) in [6.45, 7) is 12.4. The van der Waals surface area contributed by atoms with Crippen LogP contribution >= 0.6 is 0 Å². The first kappa shape index (κ1) is 14.4. The largest absolute Gasteiger partial charge is 0.458 e. The summed E-state index contributed by atoms with van der Waals surface area (Å²) < 4.78 is 5.54. The Morgan fingerprint density at radius 2 is 2.11 bits per heavy atom. The number of hydrogen-bond acceptors (Lipinski definition) is 2. The molecule has 4 atom stereocenters. The van der Waals surface area contributed by atoms with Crippen molar-refractivity contribution in [1.29, 1.82) is 0 Å². The molecule has 2 rings (SSSR count). The van der Waals surface area contributed by atoms with Crippen LogP contribution in [0.1, 0.15) is 53.4 Å². The van der Waals surface area contributed by atoms with Crippen molar-refractivity contribution in [2.75, 3.05) is 0 Å². The molecule has 0 radical (unpaired) electrons. The lowest BCUT2D eigenvalue weighted by Gasteiger charge is -2.49. The molecule has 0 heterocycles. The van der Waals surface area contributed by atoms with Crippen LogP contribution in [0.2, 0.25) is 0 Å². The number of fused-ring (bicyclic) bond motifs is 1. The van der Waals surface area contributed by atoms with Gasteiger partial charge in [-0.05, 0) is 55.4 Å². The summed E-state index contributed by atoms with van der Waals surface area (Å²) in [5.41, 5.74) is 2.80. The zero-order valence-corrected chi connectivity index (χ0v) is 12.7. The number of ether oxygens (including phenoxy) is 1. The van der Waals surface area contributed by atoms with Crippen molar-refractivity contribution in [2.45, 2.75) is 59.5 Å². The summed E-state index contributed by atoms with van der Waals surface area (Å²) in [5.74, 6) is 1.06. The van der Waals surface area contributed by atoms with E-state index in [4.69, 9.17) is 4.74 Å². The first-order chi connectivity index (χ1) is 8.84. The molecule has 2 nitrogen and oxygen atoms in total. The van der Waals surface area contributed by atoms with Crippen LogP contribution in [0.4, 0.5) is 0 Å². The highest BCUT2D eigenvalue weighted by Gasteiger charge is 2.46. The second kappa shape index (κ2) is 5.15. The van der Waals surface area contributed by atoms with Gasteiger partial charge in [-0.25, -0.2) is 0 Å². The van der Waals surface area contributed by atoms with Gasteiger partial charge in [-0.3, -0.25) is 4.79 Å². The Labute approximate surface area is 116 Å². The van der Waals surface area contributed by atoms with Crippen LogP contribution in [0.3, 0.4) is 0 Å². The fraction of sp³-hybridized carbons (Fsp3) is 0.706. The van der Waals surface area contributed by atoms with Crippen molar-refractivity contribution >= 4 is 5.97 Å².